The topological polar surface area (TPSA) is 67.4 Å². The quantitative estimate of drug-likeness (QED) is 0.640. The fourth-order valence-electron chi connectivity index (χ4n) is 1.83. The Balaban J connectivity index is 2.02. The Morgan fingerprint density at radius 3 is 2.65 bits per heavy atom. The van der Waals surface area contributed by atoms with Gasteiger partial charge in [-0.05, 0) is 36.8 Å². The molecule has 0 bridgehead atoms. The molecule has 0 aliphatic heterocycles. The maximum absolute atomic E-state index is 12.1. The molecule has 0 spiro atoms. The zero-order chi connectivity index (χ0) is 16.7. The van der Waals surface area contributed by atoms with E-state index in [1.165, 1.54) is 6.07 Å². The number of urea groups is 1. The molecular weight excluding hydrogens is 316 g/mol. The van der Waals surface area contributed by atoms with Crippen molar-refractivity contribution in [1.29, 1.82) is 0 Å². The Kier molecular flexibility index (Phi) is 6.00. The van der Waals surface area contributed by atoms with Crippen LogP contribution in [0.25, 0.3) is 0 Å². The fraction of sp³-hybridized carbons (Fsp3) is 0.176. The number of rotatable bonds is 5. The second-order valence-electron chi connectivity index (χ2n) is 4.81. The maximum Gasteiger partial charge on any atom is 0.343 e. The van der Waals surface area contributed by atoms with Gasteiger partial charge in [0, 0.05) is 23.3 Å². The lowest BCUT2D eigenvalue weighted by molar-refractivity contribution is 0.0735. The summed E-state index contributed by atoms with van der Waals surface area (Å²) in [6.45, 7) is 2.56. The van der Waals surface area contributed by atoms with Crippen LogP contribution in [0.3, 0.4) is 0 Å². The summed E-state index contributed by atoms with van der Waals surface area (Å²) < 4.78 is 5.29. The Labute approximate surface area is 139 Å². The van der Waals surface area contributed by atoms with Gasteiger partial charge in [-0.1, -0.05) is 30.7 Å². The SMILES string of the molecule is CCCNC(=O)Nc1cccc(OC(=O)c2cccc(Cl)c2)c1. The Morgan fingerprint density at radius 1 is 1.13 bits per heavy atom. The predicted molar refractivity (Wildman–Crippen MR) is 90.2 cm³/mol. The third-order valence-corrected chi connectivity index (χ3v) is 3.13. The van der Waals surface area contributed by atoms with Gasteiger partial charge in [0.2, 0.25) is 0 Å². The van der Waals surface area contributed by atoms with Crippen LogP contribution in [0.15, 0.2) is 48.5 Å². The standard InChI is InChI=1S/C17H17ClN2O3/c1-2-9-19-17(22)20-14-7-4-8-15(11-14)23-16(21)12-5-3-6-13(18)10-12/h3-8,10-11H,2,9H2,1H3,(H2,19,20,22). The number of amides is 2. The molecule has 2 aromatic carbocycles. The number of nitrogens with one attached hydrogen (secondary N) is 2. The highest BCUT2D eigenvalue weighted by atomic mass is 35.5. The summed E-state index contributed by atoms with van der Waals surface area (Å²) >= 11 is 5.85. The highest BCUT2D eigenvalue weighted by molar-refractivity contribution is 6.30. The number of anilines is 1. The van der Waals surface area contributed by atoms with Gasteiger partial charge in [-0.15, -0.1) is 0 Å². The number of carbonyl (C=O) groups excluding carboxylic acids is 2. The summed E-state index contributed by atoms with van der Waals surface area (Å²) in [6.07, 6.45) is 0.852. The summed E-state index contributed by atoms with van der Waals surface area (Å²) in [6, 6.07) is 12.8. The number of carbonyl (C=O) groups is 2. The van der Waals surface area contributed by atoms with Crippen molar-refractivity contribution < 1.29 is 14.3 Å². The van der Waals surface area contributed by atoms with Crippen molar-refractivity contribution in [3.63, 3.8) is 0 Å². The fourth-order valence-corrected chi connectivity index (χ4v) is 2.02. The second-order valence-corrected chi connectivity index (χ2v) is 5.25. The van der Waals surface area contributed by atoms with E-state index in [1.807, 2.05) is 6.92 Å². The van der Waals surface area contributed by atoms with Crippen LogP contribution in [-0.4, -0.2) is 18.5 Å². The molecule has 6 heteroatoms. The smallest absolute Gasteiger partial charge is 0.343 e. The average Bonchev–Trinajstić information content (AvgIpc) is 2.53. The van der Waals surface area contributed by atoms with Gasteiger partial charge in [0.05, 0.1) is 5.56 Å². The molecule has 0 saturated heterocycles. The molecule has 2 amide bonds. The molecule has 0 aliphatic carbocycles. The van der Waals surface area contributed by atoms with Gasteiger partial charge in [-0.3, -0.25) is 0 Å². The zero-order valence-electron chi connectivity index (χ0n) is 12.6. The monoisotopic (exact) mass is 332 g/mol. The first kappa shape index (κ1) is 16.8. The van der Waals surface area contributed by atoms with E-state index in [0.717, 1.165) is 6.42 Å². The first-order chi connectivity index (χ1) is 11.1. The first-order valence-electron chi connectivity index (χ1n) is 7.21. The summed E-state index contributed by atoms with van der Waals surface area (Å²) in [5, 5.41) is 5.84. The summed E-state index contributed by atoms with van der Waals surface area (Å²) in [7, 11) is 0. The minimum Gasteiger partial charge on any atom is -0.423 e. The number of ether oxygens (including phenoxy) is 1. The average molecular weight is 333 g/mol. The van der Waals surface area contributed by atoms with Crippen LogP contribution < -0.4 is 15.4 Å². The van der Waals surface area contributed by atoms with E-state index in [9.17, 15) is 9.59 Å². The van der Waals surface area contributed by atoms with Crippen LogP contribution in [-0.2, 0) is 0 Å². The van der Waals surface area contributed by atoms with Crippen molar-refractivity contribution in [2.24, 2.45) is 0 Å². The lowest BCUT2D eigenvalue weighted by Crippen LogP contribution is -2.29. The van der Waals surface area contributed by atoms with Crippen LogP contribution in [0.5, 0.6) is 5.75 Å². The van der Waals surface area contributed by atoms with Gasteiger partial charge in [0.25, 0.3) is 0 Å². The van der Waals surface area contributed by atoms with E-state index in [0.29, 0.717) is 28.6 Å². The molecule has 0 saturated carbocycles. The Hall–Kier alpha value is -2.53. The van der Waals surface area contributed by atoms with Crippen LogP contribution in [0.4, 0.5) is 10.5 Å². The molecular formula is C17H17ClN2O3. The van der Waals surface area contributed by atoms with Gasteiger partial charge in [-0.25, -0.2) is 9.59 Å². The van der Waals surface area contributed by atoms with Gasteiger partial charge in [0.15, 0.2) is 0 Å². The van der Waals surface area contributed by atoms with E-state index in [-0.39, 0.29) is 6.03 Å². The Bertz CT molecular complexity index is 704. The van der Waals surface area contributed by atoms with Gasteiger partial charge >= 0.3 is 12.0 Å². The molecule has 120 valence electrons. The second kappa shape index (κ2) is 8.19. The minimum absolute atomic E-state index is 0.301. The van der Waals surface area contributed by atoms with Crippen molar-refractivity contribution in [3.05, 3.63) is 59.1 Å². The molecule has 23 heavy (non-hydrogen) atoms. The van der Waals surface area contributed by atoms with Gasteiger partial charge < -0.3 is 15.4 Å². The third kappa shape index (κ3) is 5.30. The molecule has 0 unspecified atom stereocenters. The van der Waals surface area contributed by atoms with Crippen LogP contribution >= 0.6 is 11.6 Å². The normalized spacial score (nSPS) is 10.0. The van der Waals surface area contributed by atoms with Crippen molar-refractivity contribution in [2.75, 3.05) is 11.9 Å². The molecule has 0 aliphatic rings. The van der Waals surface area contributed by atoms with Crippen molar-refractivity contribution in [2.45, 2.75) is 13.3 Å². The number of hydrogen-bond acceptors (Lipinski definition) is 3. The van der Waals surface area contributed by atoms with E-state index in [4.69, 9.17) is 16.3 Å². The predicted octanol–water partition coefficient (Wildman–Crippen LogP) is 4.09. The first-order valence-corrected chi connectivity index (χ1v) is 7.59. The summed E-state index contributed by atoms with van der Waals surface area (Å²) in [5.41, 5.74) is 0.895. The number of halogens is 1. The van der Waals surface area contributed by atoms with Crippen LogP contribution in [0, 0.1) is 0 Å². The van der Waals surface area contributed by atoms with Crippen molar-refractivity contribution in [1.82, 2.24) is 5.32 Å². The molecule has 5 nitrogen and oxygen atoms in total. The van der Waals surface area contributed by atoms with Gasteiger partial charge in [0.1, 0.15) is 5.75 Å². The maximum atomic E-state index is 12.1. The molecule has 0 fully saturated rings. The lowest BCUT2D eigenvalue weighted by atomic mass is 10.2. The van der Waals surface area contributed by atoms with Crippen molar-refractivity contribution >= 4 is 29.3 Å². The minimum atomic E-state index is -0.514. The molecule has 2 rings (SSSR count). The van der Waals surface area contributed by atoms with Gasteiger partial charge in [-0.2, -0.15) is 0 Å². The van der Waals surface area contributed by atoms with E-state index in [2.05, 4.69) is 10.6 Å². The van der Waals surface area contributed by atoms with E-state index < -0.39 is 5.97 Å². The molecule has 0 atom stereocenters. The summed E-state index contributed by atoms with van der Waals surface area (Å²) in [5.74, 6) is -0.177. The number of hydrogen-bond donors (Lipinski definition) is 2. The summed E-state index contributed by atoms with van der Waals surface area (Å²) in [4.78, 5) is 23.7. The lowest BCUT2D eigenvalue weighted by Gasteiger charge is -2.09. The molecule has 0 radical (unpaired) electrons. The van der Waals surface area contributed by atoms with E-state index in [1.54, 1.807) is 42.5 Å². The molecule has 0 aromatic heterocycles. The Morgan fingerprint density at radius 2 is 1.91 bits per heavy atom. The third-order valence-electron chi connectivity index (χ3n) is 2.90. The zero-order valence-corrected chi connectivity index (χ0v) is 13.4. The van der Waals surface area contributed by atoms with Crippen LogP contribution in [0.2, 0.25) is 5.02 Å². The highest BCUT2D eigenvalue weighted by Crippen LogP contribution is 2.19. The largest absolute Gasteiger partial charge is 0.423 e. The highest BCUT2D eigenvalue weighted by Gasteiger charge is 2.10. The molecule has 2 N–H and O–H groups in total. The van der Waals surface area contributed by atoms with Crippen molar-refractivity contribution in [3.8, 4) is 5.75 Å². The molecule has 2 aromatic rings. The number of esters is 1. The number of benzene rings is 2. The molecule has 0 heterocycles. The van der Waals surface area contributed by atoms with Crippen LogP contribution in [0.1, 0.15) is 23.7 Å². The van der Waals surface area contributed by atoms with E-state index >= 15 is 0 Å².